The maximum absolute atomic E-state index is 12.9. The number of halogens is 1. The van der Waals surface area contributed by atoms with Gasteiger partial charge in [-0.05, 0) is 36.8 Å². The molecule has 0 spiro atoms. The number of ether oxygens (including phenoxy) is 2. The van der Waals surface area contributed by atoms with Crippen LogP contribution in [0.15, 0.2) is 47.4 Å². The second kappa shape index (κ2) is 8.94. The molecule has 2 aliphatic rings. The molecule has 0 aliphatic carbocycles. The summed E-state index contributed by atoms with van der Waals surface area (Å²) in [7, 11) is -3.70. The van der Waals surface area contributed by atoms with Crippen molar-refractivity contribution in [1.29, 1.82) is 0 Å². The van der Waals surface area contributed by atoms with Gasteiger partial charge in [0.25, 0.3) is 0 Å². The van der Waals surface area contributed by atoms with Crippen molar-refractivity contribution in [1.82, 2.24) is 14.5 Å². The lowest BCUT2D eigenvalue weighted by Gasteiger charge is -2.34. The van der Waals surface area contributed by atoms with E-state index in [1.807, 2.05) is 25.1 Å². The Morgan fingerprint density at radius 1 is 1.03 bits per heavy atom. The third-order valence-corrected chi connectivity index (χ3v) is 7.78. The number of hydrogen-bond acceptors (Lipinski definition) is 5. The zero-order valence-corrected chi connectivity index (χ0v) is 18.7. The van der Waals surface area contributed by atoms with Crippen molar-refractivity contribution in [2.75, 3.05) is 39.4 Å². The normalized spacial score (nSPS) is 17.8. The molecule has 2 heterocycles. The van der Waals surface area contributed by atoms with Crippen LogP contribution in [-0.4, -0.2) is 63.0 Å². The number of amides is 2. The molecule has 8 nitrogen and oxygen atoms in total. The van der Waals surface area contributed by atoms with E-state index in [1.165, 1.54) is 10.4 Å². The quantitative estimate of drug-likeness (QED) is 0.750. The smallest absolute Gasteiger partial charge is 0.317 e. The van der Waals surface area contributed by atoms with Crippen molar-refractivity contribution >= 4 is 27.7 Å². The summed E-state index contributed by atoms with van der Waals surface area (Å²) in [5, 5.41) is 3.16. The Labute approximate surface area is 186 Å². The first-order valence-electron chi connectivity index (χ1n) is 10.1. The van der Waals surface area contributed by atoms with Gasteiger partial charge in [-0.1, -0.05) is 29.8 Å². The van der Waals surface area contributed by atoms with Crippen LogP contribution in [0, 0.1) is 0 Å². The van der Waals surface area contributed by atoms with Crippen molar-refractivity contribution in [2.24, 2.45) is 0 Å². The Bertz CT molecular complexity index is 1070. The molecule has 10 heteroatoms. The maximum atomic E-state index is 12.9. The number of benzene rings is 2. The fourth-order valence-electron chi connectivity index (χ4n) is 3.61. The van der Waals surface area contributed by atoms with Gasteiger partial charge in [0.05, 0.1) is 11.1 Å². The first-order valence-corrected chi connectivity index (χ1v) is 11.9. The molecule has 2 aromatic rings. The number of urea groups is 1. The van der Waals surface area contributed by atoms with Gasteiger partial charge in [-0.25, -0.2) is 13.2 Å². The zero-order valence-electron chi connectivity index (χ0n) is 17.1. The van der Waals surface area contributed by atoms with E-state index in [1.54, 1.807) is 23.1 Å². The van der Waals surface area contributed by atoms with Gasteiger partial charge in [0, 0.05) is 26.2 Å². The molecule has 0 unspecified atom stereocenters. The molecular formula is C21H24ClN3O5S. The van der Waals surface area contributed by atoms with E-state index in [4.69, 9.17) is 21.1 Å². The topological polar surface area (TPSA) is 88.2 Å². The first kappa shape index (κ1) is 21.7. The second-order valence-electron chi connectivity index (χ2n) is 7.40. The van der Waals surface area contributed by atoms with Gasteiger partial charge in [-0.15, -0.1) is 0 Å². The van der Waals surface area contributed by atoms with Crippen LogP contribution in [-0.2, 0) is 10.0 Å². The number of piperazine rings is 1. The summed E-state index contributed by atoms with van der Waals surface area (Å²) in [6.07, 6.45) is 0. The minimum Gasteiger partial charge on any atom is -0.486 e. The molecule has 2 amide bonds. The number of carbonyl (C=O) groups is 1. The molecule has 1 atom stereocenters. The molecule has 2 aromatic carbocycles. The molecule has 0 radical (unpaired) electrons. The Morgan fingerprint density at radius 3 is 2.42 bits per heavy atom. The molecule has 1 saturated heterocycles. The predicted molar refractivity (Wildman–Crippen MR) is 116 cm³/mol. The highest BCUT2D eigenvalue weighted by Gasteiger charge is 2.31. The summed E-state index contributed by atoms with van der Waals surface area (Å²) >= 11 is 6.07. The van der Waals surface area contributed by atoms with Gasteiger partial charge in [-0.3, -0.25) is 0 Å². The minimum absolute atomic E-state index is 0.0850. The monoisotopic (exact) mass is 465 g/mol. The van der Waals surface area contributed by atoms with Gasteiger partial charge >= 0.3 is 6.03 Å². The lowest BCUT2D eigenvalue weighted by molar-refractivity contribution is 0.168. The highest BCUT2D eigenvalue weighted by atomic mass is 35.5. The number of hydrogen-bond donors (Lipinski definition) is 1. The molecular weight excluding hydrogens is 442 g/mol. The van der Waals surface area contributed by atoms with Gasteiger partial charge in [-0.2, -0.15) is 4.31 Å². The SMILES string of the molecule is C[C@H](NC(=O)N1CCN(S(=O)(=O)c2ccccc2Cl)CC1)c1ccc2c(c1)OCCO2. The summed E-state index contributed by atoms with van der Waals surface area (Å²) in [6, 6.07) is 11.5. The van der Waals surface area contributed by atoms with Crippen LogP contribution >= 0.6 is 11.6 Å². The van der Waals surface area contributed by atoms with Crippen molar-refractivity contribution in [2.45, 2.75) is 17.9 Å². The summed E-state index contributed by atoms with van der Waals surface area (Å²) in [5.41, 5.74) is 0.900. The van der Waals surface area contributed by atoms with E-state index in [-0.39, 0.29) is 35.1 Å². The van der Waals surface area contributed by atoms with E-state index in [0.717, 1.165) is 5.56 Å². The third-order valence-electron chi connectivity index (χ3n) is 5.39. The van der Waals surface area contributed by atoms with Crippen LogP contribution in [0.4, 0.5) is 4.79 Å². The van der Waals surface area contributed by atoms with Crippen molar-refractivity contribution in [3.8, 4) is 11.5 Å². The highest BCUT2D eigenvalue weighted by molar-refractivity contribution is 7.89. The predicted octanol–water partition coefficient (Wildman–Crippen LogP) is 2.89. The van der Waals surface area contributed by atoms with Gasteiger partial charge in [0.15, 0.2) is 11.5 Å². The molecule has 1 fully saturated rings. The lowest BCUT2D eigenvalue weighted by atomic mass is 10.1. The number of sulfonamides is 1. The van der Waals surface area contributed by atoms with Crippen molar-refractivity contribution in [3.05, 3.63) is 53.1 Å². The van der Waals surface area contributed by atoms with Gasteiger partial charge < -0.3 is 19.7 Å². The van der Waals surface area contributed by atoms with Crippen LogP contribution < -0.4 is 14.8 Å². The summed E-state index contributed by atoms with van der Waals surface area (Å²) < 4.78 is 38.2. The molecule has 166 valence electrons. The average molecular weight is 466 g/mol. The Balaban J connectivity index is 1.36. The van der Waals surface area contributed by atoms with E-state index >= 15 is 0 Å². The molecule has 31 heavy (non-hydrogen) atoms. The molecule has 4 rings (SSSR count). The first-order chi connectivity index (χ1) is 14.9. The largest absolute Gasteiger partial charge is 0.486 e. The van der Waals surface area contributed by atoms with E-state index in [9.17, 15) is 13.2 Å². The minimum atomic E-state index is -3.70. The Hall–Kier alpha value is -2.49. The number of fused-ring (bicyclic) bond motifs is 1. The highest BCUT2D eigenvalue weighted by Crippen LogP contribution is 2.32. The molecule has 0 saturated carbocycles. The maximum Gasteiger partial charge on any atom is 0.317 e. The number of rotatable bonds is 4. The van der Waals surface area contributed by atoms with E-state index < -0.39 is 10.0 Å². The van der Waals surface area contributed by atoms with Crippen molar-refractivity contribution < 1.29 is 22.7 Å². The molecule has 0 bridgehead atoms. The lowest BCUT2D eigenvalue weighted by Crippen LogP contribution is -2.53. The van der Waals surface area contributed by atoms with Crippen molar-refractivity contribution in [3.63, 3.8) is 0 Å². The molecule has 1 N–H and O–H groups in total. The summed E-state index contributed by atoms with van der Waals surface area (Å²) in [5.74, 6) is 1.37. The van der Waals surface area contributed by atoms with Crippen LogP contribution in [0.1, 0.15) is 18.5 Å². The summed E-state index contributed by atoms with van der Waals surface area (Å²) in [6.45, 7) is 3.92. The van der Waals surface area contributed by atoms with Crippen LogP contribution in [0.25, 0.3) is 0 Å². The number of nitrogens with one attached hydrogen (secondary N) is 1. The van der Waals surface area contributed by atoms with E-state index in [2.05, 4.69) is 5.32 Å². The third kappa shape index (κ3) is 4.58. The Kier molecular flexibility index (Phi) is 6.27. The van der Waals surface area contributed by atoms with Crippen LogP contribution in [0.2, 0.25) is 5.02 Å². The summed E-state index contributed by atoms with van der Waals surface area (Å²) in [4.78, 5) is 14.4. The number of nitrogens with zero attached hydrogens (tertiary/aromatic N) is 2. The fraction of sp³-hybridized carbons (Fsp3) is 0.381. The fourth-order valence-corrected chi connectivity index (χ4v) is 5.53. The number of carbonyl (C=O) groups excluding carboxylic acids is 1. The average Bonchev–Trinajstić information content (AvgIpc) is 2.79. The zero-order chi connectivity index (χ0) is 22.0. The van der Waals surface area contributed by atoms with Crippen LogP contribution in [0.5, 0.6) is 11.5 Å². The van der Waals surface area contributed by atoms with E-state index in [0.29, 0.717) is 37.8 Å². The van der Waals surface area contributed by atoms with Gasteiger partial charge in [0.2, 0.25) is 10.0 Å². The Morgan fingerprint density at radius 2 is 1.71 bits per heavy atom. The second-order valence-corrected chi connectivity index (χ2v) is 9.71. The van der Waals surface area contributed by atoms with Crippen LogP contribution in [0.3, 0.4) is 0 Å². The standard InChI is InChI=1S/C21H24ClN3O5S/c1-15(16-6-7-18-19(14-16)30-13-12-29-18)23-21(26)24-8-10-25(11-9-24)31(27,28)20-5-3-2-4-17(20)22/h2-7,14-15H,8-13H2,1H3,(H,23,26)/t15-/m0/s1. The molecule has 0 aromatic heterocycles. The van der Waals surface area contributed by atoms with Gasteiger partial charge in [0.1, 0.15) is 18.1 Å². The molecule has 2 aliphatic heterocycles.